The molecule has 1 saturated heterocycles. The molecular weight excluding hydrogens is 282 g/mol. The molecule has 0 aliphatic carbocycles. The first-order valence-electron chi connectivity index (χ1n) is 7.81. The Morgan fingerprint density at radius 2 is 2.27 bits per heavy atom. The summed E-state index contributed by atoms with van der Waals surface area (Å²) in [5.41, 5.74) is 0. The van der Waals surface area contributed by atoms with Crippen molar-refractivity contribution in [3.63, 3.8) is 0 Å². The average molecular weight is 305 g/mol. The first-order valence-corrected chi connectivity index (χ1v) is 7.81. The van der Waals surface area contributed by atoms with Crippen molar-refractivity contribution in [1.29, 1.82) is 0 Å². The predicted molar refractivity (Wildman–Crippen MR) is 81.2 cm³/mol. The Morgan fingerprint density at radius 1 is 1.45 bits per heavy atom. The van der Waals surface area contributed by atoms with Crippen molar-refractivity contribution >= 4 is 11.9 Å². The molecule has 3 amide bonds. The Balaban J connectivity index is 1.51. The van der Waals surface area contributed by atoms with Crippen molar-refractivity contribution in [2.24, 2.45) is 5.92 Å². The number of nitrogens with zero attached hydrogens (tertiary/aromatic N) is 4. The molecule has 7 nitrogen and oxygen atoms in total. The number of rotatable bonds is 3. The summed E-state index contributed by atoms with van der Waals surface area (Å²) < 4.78 is 2.17. The Morgan fingerprint density at radius 3 is 3.00 bits per heavy atom. The van der Waals surface area contributed by atoms with Crippen LogP contribution in [-0.2, 0) is 17.8 Å². The first-order chi connectivity index (χ1) is 10.5. The number of hydrogen-bond donors (Lipinski definition) is 1. The minimum atomic E-state index is -0.370. The van der Waals surface area contributed by atoms with Crippen LogP contribution in [-0.4, -0.2) is 64.5 Å². The molecule has 2 unspecified atom stereocenters. The molecule has 1 aromatic rings. The van der Waals surface area contributed by atoms with Crippen LogP contribution in [0.2, 0.25) is 0 Å². The number of fused-ring (bicyclic) bond motifs is 1. The molecule has 7 heteroatoms. The molecule has 1 fully saturated rings. The maximum Gasteiger partial charge on any atom is 0.317 e. The number of likely N-dealkylation sites (tertiary alicyclic amines) is 1. The van der Waals surface area contributed by atoms with Crippen LogP contribution in [0.25, 0.3) is 0 Å². The monoisotopic (exact) mass is 305 g/mol. The van der Waals surface area contributed by atoms with E-state index >= 15 is 0 Å². The number of hydrogen-bond acceptors (Lipinski definition) is 3. The van der Waals surface area contributed by atoms with Gasteiger partial charge in [-0.2, -0.15) is 0 Å². The Labute approximate surface area is 130 Å². The average Bonchev–Trinajstić information content (AvgIpc) is 3.08. The van der Waals surface area contributed by atoms with Gasteiger partial charge in [-0.1, -0.05) is 0 Å². The van der Waals surface area contributed by atoms with Crippen molar-refractivity contribution in [3.8, 4) is 0 Å². The Bertz CT molecular complexity index is 570. The molecule has 2 atom stereocenters. The van der Waals surface area contributed by atoms with Crippen molar-refractivity contribution < 1.29 is 9.59 Å². The van der Waals surface area contributed by atoms with Gasteiger partial charge < -0.3 is 19.7 Å². The molecule has 120 valence electrons. The van der Waals surface area contributed by atoms with E-state index in [1.165, 1.54) is 0 Å². The van der Waals surface area contributed by atoms with Crippen molar-refractivity contribution in [2.45, 2.75) is 31.8 Å². The summed E-state index contributed by atoms with van der Waals surface area (Å²) in [6.07, 6.45) is 6.47. The van der Waals surface area contributed by atoms with Gasteiger partial charge in [0, 0.05) is 52.5 Å². The molecule has 1 aromatic heterocycles. The minimum Gasteiger partial charge on any atom is -0.344 e. The van der Waals surface area contributed by atoms with E-state index in [9.17, 15) is 9.59 Å². The maximum atomic E-state index is 12.2. The smallest absolute Gasteiger partial charge is 0.317 e. The zero-order valence-electron chi connectivity index (χ0n) is 13.2. The second kappa shape index (κ2) is 5.98. The molecular formula is C15H23N5O2. The fourth-order valence-electron chi connectivity index (χ4n) is 3.26. The lowest BCUT2D eigenvalue weighted by molar-refractivity contribution is -0.128. The lowest BCUT2D eigenvalue weighted by Crippen LogP contribution is -2.47. The summed E-state index contributed by atoms with van der Waals surface area (Å²) in [5, 5.41) is 2.84. The number of aromatic nitrogens is 2. The number of likely N-dealkylation sites (N-methyl/N-ethyl adjacent to an activating group) is 1. The molecule has 0 aromatic carbocycles. The summed E-state index contributed by atoms with van der Waals surface area (Å²) in [7, 11) is 3.56. The van der Waals surface area contributed by atoms with E-state index in [1.807, 2.05) is 12.4 Å². The van der Waals surface area contributed by atoms with Gasteiger partial charge >= 0.3 is 6.03 Å². The second-order valence-electron chi connectivity index (χ2n) is 6.33. The molecule has 2 aliphatic rings. The third-order valence-corrected chi connectivity index (χ3v) is 4.66. The summed E-state index contributed by atoms with van der Waals surface area (Å²) in [6, 6.07) is -0.534. The van der Waals surface area contributed by atoms with Crippen LogP contribution in [0, 0.1) is 5.92 Å². The molecule has 0 saturated carbocycles. The lowest BCUT2D eigenvalue weighted by Gasteiger charge is -2.28. The van der Waals surface area contributed by atoms with Gasteiger partial charge in [0.1, 0.15) is 11.9 Å². The quantitative estimate of drug-likeness (QED) is 0.874. The van der Waals surface area contributed by atoms with Crippen LogP contribution < -0.4 is 5.32 Å². The van der Waals surface area contributed by atoms with Crippen LogP contribution in [0.3, 0.4) is 0 Å². The van der Waals surface area contributed by atoms with Gasteiger partial charge in [0.05, 0.1) is 0 Å². The van der Waals surface area contributed by atoms with Crippen LogP contribution >= 0.6 is 0 Å². The highest BCUT2D eigenvalue weighted by molar-refractivity contribution is 5.88. The third kappa shape index (κ3) is 2.93. The summed E-state index contributed by atoms with van der Waals surface area (Å²) >= 11 is 0. The zero-order chi connectivity index (χ0) is 15.7. The zero-order valence-corrected chi connectivity index (χ0v) is 13.2. The molecule has 3 heterocycles. The predicted octanol–water partition coefficient (Wildman–Crippen LogP) is 0.318. The van der Waals surface area contributed by atoms with E-state index in [0.717, 1.165) is 25.2 Å². The van der Waals surface area contributed by atoms with Gasteiger partial charge in [0.2, 0.25) is 5.91 Å². The topological polar surface area (TPSA) is 70.5 Å². The van der Waals surface area contributed by atoms with Gasteiger partial charge in [-0.3, -0.25) is 4.79 Å². The number of nitrogens with one attached hydrogen (secondary N) is 1. The van der Waals surface area contributed by atoms with E-state index in [1.54, 1.807) is 23.9 Å². The number of amides is 3. The molecule has 0 bridgehead atoms. The van der Waals surface area contributed by atoms with E-state index in [2.05, 4.69) is 14.9 Å². The molecule has 0 spiro atoms. The lowest BCUT2D eigenvalue weighted by atomic mass is 9.97. The Hall–Kier alpha value is -2.05. The first kappa shape index (κ1) is 14.9. The molecule has 2 aliphatic heterocycles. The molecule has 3 rings (SSSR count). The number of carbonyl (C=O) groups is 2. The highest BCUT2D eigenvalue weighted by Gasteiger charge is 2.31. The summed E-state index contributed by atoms with van der Waals surface area (Å²) in [4.78, 5) is 31.8. The van der Waals surface area contributed by atoms with Gasteiger partial charge in [0.15, 0.2) is 0 Å². The van der Waals surface area contributed by atoms with Crippen molar-refractivity contribution in [2.75, 3.05) is 27.2 Å². The number of aryl methyl sites for hydroxylation is 1. The van der Waals surface area contributed by atoms with Gasteiger partial charge in [-0.25, -0.2) is 9.78 Å². The normalized spacial score (nSPS) is 24.3. The number of urea groups is 1. The highest BCUT2D eigenvalue weighted by Crippen LogP contribution is 2.20. The molecule has 0 radical (unpaired) electrons. The van der Waals surface area contributed by atoms with E-state index in [0.29, 0.717) is 25.4 Å². The van der Waals surface area contributed by atoms with Crippen molar-refractivity contribution in [1.82, 2.24) is 24.7 Å². The largest absolute Gasteiger partial charge is 0.344 e. The van der Waals surface area contributed by atoms with Crippen LogP contribution in [0.1, 0.15) is 18.7 Å². The standard InChI is InChI=1S/C15H23N5O2/c1-18-6-4-12(14(18)21)17-15(22)19(2)10-11-3-7-20-8-5-16-13(20)9-11/h5,8,11-12H,3-4,6-7,9-10H2,1-2H3,(H,17,22). The van der Waals surface area contributed by atoms with Gasteiger partial charge in [0.25, 0.3) is 0 Å². The fraction of sp³-hybridized carbons (Fsp3) is 0.667. The van der Waals surface area contributed by atoms with Crippen LogP contribution in [0.5, 0.6) is 0 Å². The SMILES string of the molecule is CN(CC1CCn2ccnc2C1)C(=O)NC1CCN(C)C1=O. The minimum absolute atomic E-state index is 0.00134. The van der Waals surface area contributed by atoms with Crippen LogP contribution in [0.15, 0.2) is 12.4 Å². The van der Waals surface area contributed by atoms with E-state index in [-0.39, 0.29) is 18.0 Å². The van der Waals surface area contributed by atoms with E-state index < -0.39 is 0 Å². The Kier molecular flexibility index (Phi) is 4.04. The fourth-order valence-corrected chi connectivity index (χ4v) is 3.26. The number of carbonyl (C=O) groups excluding carboxylic acids is 2. The van der Waals surface area contributed by atoms with Gasteiger partial charge in [-0.05, 0) is 18.8 Å². The van der Waals surface area contributed by atoms with Gasteiger partial charge in [-0.15, -0.1) is 0 Å². The third-order valence-electron chi connectivity index (χ3n) is 4.66. The molecule has 22 heavy (non-hydrogen) atoms. The summed E-state index contributed by atoms with van der Waals surface area (Å²) in [6.45, 7) is 2.36. The van der Waals surface area contributed by atoms with Crippen molar-refractivity contribution in [3.05, 3.63) is 18.2 Å². The maximum absolute atomic E-state index is 12.2. The summed E-state index contributed by atoms with van der Waals surface area (Å²) in [5.74, 6) is 1.52. The number of imidazole rings is 1. The van der Waals surface area contributed by atoms with E-state index in [4.69, 9.17) is 0 Å². The van der Waals surface area contributed by atoms with Crippen LogP contribution in [0.4, 0.5) is 4.79 Å². The second-order valence-corrected chi connectivity index (χ2v) is 6.33. The highest BCUT2D eigenvalue weighted by atomic mass is 16.2. The molecule has 1 N–H and O–H groups in total.